The molecule has 0 spiro atoms. The molecule has 1 fully saturated rings. The zero-order valence-corrected chi connectivity index (χ0v) is 11.8. The van der Waals surface area contributed by atoms with Crippen LogP contribution in [-0.4, -0.2) is 42.7 Å². The highest BCUT2D eigenvalue weighted by molar-refractivity contribution is 5.91. The van der Waals surface area contributed by atoms with Gasteiger partial charge in [-0.1, -0.05) is 25.7 Å². The molecular formula is C14H19N5O2. The highest BCUT2D eigenvalue weighted by Gasteiger charge is 2.24. The monoisotopic (exact) mass is 289 g/mol. The fourth-order valence-electron chi connectivity index (χ4n) is 2.70. The molecular weight excluding hydrogens is 270 g/mol. The fraction of sp³-hybridized carbons (Fsp3) is 0.571. The van der Waals surface area contributed by atoms with Gasteiger partial charge in [-0.25, -0.2) is 9.50 Å². The molecule has 2 N–H and O–H groups in total. The van der Waals surface area contributed by atoms with Crippen molar-refractivity contribution in [2.24, 2.45) is 0 Å². The molecule has 0 saturated heterocycles. The molecule has 7 heteroatoms. The molecule has 1 aliphatic rings. The quantitative estimate of drug-likeness (QED) is 0.858. The molecule has 3 rings (SSSR count). The summed E-state index contributed by atoms with van der Waals surface area (Å²) in [6.45, 7) is 0. The Kier molecular flexibility index (Phi) is 4.10. The van der Waals surface area contributed by atoms with Crippen molar-refractivity contribution < 1.29 is 9.90 Å². The summed E-state index contributed by atoms with van der Waals surface area (Å²) in [5, 5.41) is 17.1. The summed E-state index contributed by atoms with van der Waals surface area (Å²) in [6, 6.07) is 1.50. The predicted molar refractivity (Wildman–Crippen MR) is 75.7 cm³/mol. The molecule has 2 heterocycles. The molecule has 2 aromatic heterocycles. The molecule has 21 heavy (non-hydrogen) atoms. The van der Waals surface area contributed by atoms with E-state index in [1.807, 2.05) is 0 Å². The summed E-state index contributed by atoms with van der Waals surface area (Å²) in [7, 11) is 0. The summed E-state index contributed by atoms with van der Waals surface area (Å²) in [5.41, 5.74) is 0. The minimum atomic E-state index is -0.496. The van der Waals surface area contributed by atoms with Crippen molar-refractivity contribution in [1.82, 2.24) is 24.9 Å². The summed E-state index contributed by atoms with van der Waals surface area (Å²) < 4.78 is 1.46. The number of fused-ring (bicyclic) bond motifs is 1. The lowest BCUT2D eigenvalue weighted by Gasteiger charge is -2.25. The van der Waals surface area contributed by atoms with Crippen LogP contribution in [0.25, 0.3) is 5.78 Å². The van der Waals surface area contributed by atoms with E-state index >= 15 is 0 Å². The van der Waals surface area contributed by atoms with E-state index in [-0.39, 0.29) is 17.8 Å². The number of nitrogens with zero attached hydrogens (tertiary/aromatic N) is 4. The van der Waals surface area contributed by atoms with Crippen molar-refractivity contribution in [1.29, 1.82) is 0 Å². The molecule has 1 aliphatic carbocycles. The number of hydrogen-bond acceptors (Lipinski definition) is 5. The van der Waals surface area contributed by atoms with Gasteiger partial charge in [-0.15, -0.1) is 5.10 Å². The van der Waals surface area contributed by atoms with E-state index in [1.165, 1.54) is 4.52 Å². The van der Waals surface area contributed by atoms with Gasteiger partial charge in [-0.3, -0.25) is 4.79 Å². The number of aliphatic hydroxyl groups excluding tert-OH is 1. The maximum atomic E-state index is 12.2. The predicted octanol–water partition coefficient (Wildman–Crippen LogP) is 0.938. The number of amides is 1. The lowest BCUT2D eigenvalue weighted by molar-refractivity contribution is 0.0763. The van der Waals surface area contributed by atoms with Gasteiger partial charge in [0, 0.05) is 12.4 Å². The molecule has 1 saturated carbocycles. The molecule has 1 amide bonds. The molecule has 2 atom stereocenters. The first-order chi connectivity index (χ1) is 10.2. The number of hydrogen-bond donors (Lipinski definition) is 2. The zero-order valence-electron chi connectivity index (χ0n) is 11.8. The average molecular weight is 289 g/mol. The number of nitrogens with one attached hydrogen (secondary N) is 1. The Bertz CT molecular complexity index is 594. The van der Waals surface area contributed by atoms with Crippen LogP contribution in [0.3, 0.4) is 0 Å². The molecule has 0 radical (unpaired) electrons. The molecule has 0 unspecified atom stereocenters. The largest absolute Gasteiger partial charge is 0.391 e. The maximum absolute atomic E-state index is 12.2. The van der Waals surface area contributed by atoms with Gasteiger partial charge in [0.2, 0.25) is 5.82 Å². The first-order valence-corrected chi connectivity index (χ1v) is 7.40. The van der Waals surface area contributed by atoms with E-state index in [1.54, 1.807) is 18.5 Å². The van der Waals surface area contributed by atoms with Crippen molar-refractivity contribution in [3.63, 3.8) is 0 Å². The minimum absolute atomic E-state index is 0.0861. The van der Waals surface area contributed by atoms with E-state index in [0.717, 1.165) is 38.5 Å². The van der Waals surface area contributed by atoms with Gasteiger partial charge in [0.1, 0.15) is 0 Å². The lowest BCUT2D eigenvalue weighted by Crippen LogP contribution is -2.44. The third-order valence-corrected chi connectivity index (χ3v) is 3.87. The second-order valence-electron chi connectivity index (χ2n) is 5.44. The highest BCUT2D eigenvalue weighted by Crippen LogP contribution is 2.18. The standard InChI is InChI=1S/C14H19N5O2/c20-11-7-4-2-1-3-6-10(11)16-13(21)12-17-14-15-8-5-9-19(14)18-12/h5,8-11,20H,1-4,6-7H2,(H,16,21)/t10-,11-/m0/s1. The van der Waals surface area contributed by atoms with Gasteiger partial charge < -0.3 is 10.4 Å². The SMILES string of the molecule is O=C(N[C@H]1CCCCCC[C@@H]1O)c1nc2ncccn2n1. The molecule has 0 aliphatic heterocycles. The summed E-state index contributed by atoms with van der Waals surface area (Å²) in [4.78, 5) is 20.4. The van der Waals surface area contributed by atoms with E-state index in [0.29, 0.717) is 5.78 Å². The Morgan fingerprint density at radius 1 is 1.29 bits per heavy atom. The van der Waals surface area contributed by atoms with Gasteiger partial charge in [0.25, 0.3) is 11.7 Å². The van der Waals surface area contributed by atoms with Crippen LogP contribution >= 0.6 is 0 Å². The minimum Gasteiger partial charge on any atom is -0.391 e. The summed E-state index contributed by atoms with van der Waals surface area (Å²) in [5.74, 6) is 0.119. The Balaban J connectivity index is 1.72. The van der Waals surface area contributed by atoms with Crippen LogP contribution in [0.2, 0.25) is 0 Å². The normalized spacial score (nSPS) is 23.5. The second kappa shape index (κ2) is 6.17. The van der Waals surface area contributed by atoms with E-state index in [2.05, 4.69) is 20.4 Å². The molecule has 0 bridgehead atoms. The van der Waals surface area contributed by atoms with Crippen molar-refractivity contribution in [3.8, 4) is 0 Å². The van der Waals surface area contributed by atoms with Gasteiger partial charge in [0.05, 0.1) is 12.1 Å². The van der Waals surface area contributed by atoms with E-state index < -0.39 is 6.10 Å². The van der Waals surface area contributed by atoms with Crippen molar-refractivity contribution in [2.45, 2.75) is 50.7 Å². The van der Waals surface area contributed by atoms with Gasteiger partial charge in [0.15, 0.2) is 0 Å². The van der Waals surface area contributed by atoms with Crippen LogP contribution in [0.5, 0.6) is 0 Å². The number of rotatable bonds is 2. The lowest BCUT2D eigenvalue weighted by atomic mass is 9.94. The number of carbonyl (C=O) groups is 1. The third kappa shape index (κ3) is 3.18. The van der Waals surface area contributed by atoms with Crippen LogP contribution in [0, 0.1) is 0 Å². The van der Waals surface area contributed by atoms with Crippen molar-refractivity contribution >= 4 is 11.7 Å². The first kappa shape index (κ1) is 13.9. The van der Waals surface area contributed by atoms with E-state index in [4.69, 9.17) is 0 Å². The fourth-order valence-corrected chi connectivity index (χ4v) is 2.70. The number of aliphatic hydroxyl groups is 1. The zero-order chi connectivity index (χ0) is 14.7. The van der Waals surface area contributed by atoms with Gasteiger partial charge in [-0.05, 0) is 18.9 Å². The molecule has 0 aromatic carbocycles. The van der Waals surface area contributed by atoms with Gasteiger partial charge in [-0.2, -0.15) is 4.98 Å². The van der Waals surface area contributed by atoms with Gasteiger partial charge >= 0.3 is 0 Å². The van der Waals surface area contributed by atoms with Crippen LogP contribution in [0.4, 0.5) is 0 Å². The molecule has 112 valence electrons. The summed E-state index contributed by atoms with van der Waals surface area (Å²) in [6.07, 6.45) is 8.63. The highest BCUT2D eigenvalue weighted by atomic mass is 16.3. The van der Waals surface area contributed by atoms with Crippen LogP contribution in [0.1, 0.15) is 49.1 Å². The topological polar surface area (TPSA) is 92.4 Å². The van der Waals surface area contributed by atoms with Crippen LogP contribution in [0.15, 0.2) is 18.5 Å². The molecule has 2 aromatic rings. The molecule has 7 nitrogen and oxygen atoms in total. The van der Waals surface area contributed by atoms with Crippen molar-refractivity contribution in [3.05, 3.63) is 24.3 Å². The first-order valence-electron chi connectivity index (χ1n) is 7.40. The van der Waals surface area contributed by atoms with E-state index in [9.17, 15) is 9.90 Å². The Morgan fingerprint density at radius 2 is 2.10 bits per heavy atom. The van der Waals surface area contributed by atoms with Crippen LogP contribution < -0.4 is 5.32 Å². The number of carbonyl (C=O) groups excluding carboxylic acids is 1. The maximum Gasteiger partial charge on any atom is 0.291 e. The summed E-state index contributed by atoms with van der Waals surface area (Å²) >= 11 is 0. The second-order valence-corrected chi connectivity index (χ2v) is 5.44. The Labute approximate surface area is 122 Å². The smallest absolute Gasteiger partial charge is 0.291 e. The van der Waals surface area contributed by atoms with Crippen LogP contribution in [-0.2, 0) is 0 Å². The number of aromatic nitrogens is 4. The Hall–Kier alpha value is -2.02. The van der Waals surface area contributed by atoms with Crippen molar-refractivity contribution in [2.75, 3.05) is 0 Å². The Morgan fingerprint density at radius 3 is 2.90 bits per heavy atom. The third-order valence-electron chi connectivity index (χ3n) is 3.87. The average Bonchev–Trinajstić information content (AvgIpc) is 2.91.